The van der Waals surface area contributed by atoms with E-state index in [2.05, 4.69) is 32.7 Å². The average molecular weight is 647 g/mol. The van der Waals surface area contributed by atoms with Crippen molar-refractivity contribution in [3.05, 3.63) is 42.0 Å². The summed E-state index contributed by atoms with van der Waals surface area (Å²) >= 11 is 0. The summed E-state index contributed by atoms with van der Waals surface area (Å²) in [6.45, 7) is 4.10. The van der Waals surface area contributed by atoms with Crippen LogP contribution in [0.25, 0.3) is 0 Å². The van der Waals surface area contributed by atoms with Crippen LogP contribution < -0.4 is 32.3 Å². The highest BCUT2D eigenvalue weighted by Crippen LogP contribution is 2.15. The van der Waals surface area contributed by atoms with Gasteiger partial charge in [0.15, 0.2) is 0 Å². The van der Waals surface area contributed by atoms with E-state index in [1.54, 1.807) is 38.1 Å². The van der Waals surface area contributed by atoms with Crippen molar-refractivity contribution < 1.29 is 38.6 Å². The van der Waals surface area contributed by atoms with Gasteiger partial charge in [-0.1, -0.05) is 38.1 Å². The summed E-state index contributed by atoms with van der Waals surface area (Å²) in [5, 5.41) is 22.5. The second-order valence-electron chi connectivity index (χ2n) is 11.4. The van der Waals surface area contributed by atoms with Crippen LogP contribution in [0.2, 0.25) is 0 Å². The molecule has 0 spiro atoms. The summed E-state index contributed by atoms with van der Waals surface area (Å²) < 4.78 is 10.9. The van der Waals surface area contributed by atoms with Crippen LogP contribution in [0.15, 0.2) is 36.4 Å². The maximum Gasteiger partial charge on any atom is 0.407 e. The molecular weight excluding hydrogens is 596 g/mol. The van der Waals surface area contributed by atoms with Crippen molar-refractivity contribution in [2.45, 2.75) is 90.0 Å². The fourth-order valence-electron chi connectivity index (χ4n) is 4.66. The van der Waals surface area contributed by atoms with Crippen LogP contribution in [-0.2, 0) is 30.5 Å². The van der Waals surface area contributed by atoms with E-state index in [1.807, 2.05) is 6.08 Å². The Hall–Kier alpha value is -4.17. The van der Waals surface area contributed by atoms with Crippen LogP contribution >= 0.6 is 0 Å². The molecule has 14 nitrogen and oxygen atoms in total. The van der Waals surface area contributed by atoms with E-state index in [0.717, 1.165) is 25.7 Å². The number of anilines is 1. The molecule has 256 valence electrons. The summed E-state index contributed by atoms with van der Waals surface area (Å²) in [4.78, 5) is 62.1. The number of rotatable bonds is 18. The van der Waals surface area contributed by atoms with E-state index in [1.165, 1.54) is 0 Å². The third kappa shape index (κ3) is 15.7. The number of carbonyl (C=O) groups excluding carboxylic acids is 5. The van der Waals surface area contributed by atoms with Gasteiger partial charge in [-0.2, -0.15) is 0 Å². The van der Waals surface area contributed by atoms with Gasteiger partial charge in [0.25, 0.3) is 0 Å². The molecule has 6 amide bonds. The molecule has 2 rings (SSSR count). The largest absolute Gasteiger partial charge is 0.446 e. The Bertz CT molecular complexity index is 1140. The van der Waals surface area contributed by atoms with Crippen molar-refractivity contribution in [2.75, 3.05) is 31.6 Å². The van der Waals surface area contributed by atoms with Crippen LogP contribution in [-0.4, -0.2) is 79.4 Å². The molecule has 1 aliphatic rings. The zero-order valence-electron chi connectivity index (χ0n) is 26.8. The summed E-state index contributed by atoms with van der Waals surface area (Å²) in [6.07, 6.45) is 8.75. The number of hydrogen-bond acceptors (Lipinski definition) is 8. The third-order valence-corrected chi connectivity index (χ3v) is 7.25. The molecule has 0 aliphatic heterocycles. The van der Waals surface area contributed by atoms with Crippen molar-refractivity contribution in [3.63, 3.8) is 0 Å². The number of nitrogens with two attached hydrogens (primary N) is 1. The van der Waals surface area contributed by atoms with Crippen molar-refractivity contribution in [1.29, 1.82) is 0 Å². The van der Waals surface area contributed by atoms with Gasteiger partial charge in [-0.25, -0.2) is 9.59 Å². The van der Waals surface area contributed by atoms with Crippen molar-refractivity contribution in [1.82, 2.24) is 21.3 Å². The number of aliphatic hydroxyl groups is 1. The number of urea groups is 1. The molecule has 46 heavy (non-hydrogen) atoms. The van der Waals surface area contributed by atoms with E-state index in [9.17, 15) is 29.1 Å². The van der Waals surface area contributed by atoms with Gasteiger partial charge in [-0.3, -0.25) is 14.4 Å². The van der Waals surface area contributed by atoms with E-state index in [4.69, 9.17) is 15.2 Å². The third-order valence-electron chi connectivity index (χ3n) is 7.25. The van der Waals surface area contributed by atoms with Gasteiger partial charge >= 0.3 is 12.1 Å². The molecule has 0 fully saturated rings. The molecule has 0 saturated heterocycles. The van der Waals surface area contributed by atoms with Crippen LogP contribution in [0.3, 0.4) is 0 Å². The SMILES string of the molecule is CC(C)[C@@H](NC(=O)CCOCCNC(=O)OC1CC=CCCCC1)C(=O)N[C@@H](CCCNC(N)=O)C(=O)Nc1ccc(CO)cc1. The van der Waals surface area contributed by atoms with Gasteiger partial charge in [-0.05, 0) is 62.1 Å². The normalized spacial score (nSPS) is 15.9. The minimum Gasteiger partial charge on any atom is -0.446 e. The molecule has 0 bridgehead atoms. The first-order valence-electron chi connectivity index (χ1n) is 15.9. The maximum absolute atomic E-state index is 13.3. The Kier molecular flexibility index (Phi) is 17.8. The minimum atomic E-state index is -0.969. The molecular formula is C32H50N6O8. The van der Waals surface area contributed by atoms with Gasteiger partial charge in [-0.15, -0.1) is 0 Å². The lowest BCUT2D eigenvalue weighted by atomic mass is 10.0. The lowest BCUT2D eigenvalue weighted by Crippen LogP contribution is -2.54. The fourth-order valence-corrected chi connectivity index (χ4v) is 4.66. The maximum atomic E-state index is 13.3. The van der Waals surface area contributed by atoms with Gasteiger partial charge in [0, 0.05) is 31.6 Å². The summed E-state index contributed by atoms with van der Waals surface area (Å²) in [5.74, 6) is -1.72. The number of benzene rings is 1. The quantitative estimate of drug-likeness (QED) is 0.0926. The number of primary amides is 1. The second kappa shape index (κ2) is 21.5. The second-order valence-corrected chi connectivity index (χ2v) is 11.4. The number of alkyl carbamates (subject to hydrolysis) is 1. The van der Waals surface area contributed by atoms with Crippen molar-refractivity contribution in [2.24, 2.45) is 11.7 Å². The molecule has 3 atom stereocenters. The topological polar surface area (TPSA) is 210 Å². The molecule has 8 N–H and O–H groups in total. The summed E-state index contributed by atoms with van der Waals surface area (Å²) in [7, 11) is 0. The Morgan fingerprint density at radius 1 is 0.957 bits per heavy atom. The molecule has 0 saturated carbocycles. The number of nitrogens with one attached hydrogen (secondary N) is 5. The monoisotopic (exact) mass is 646 g/mol. The first-order valence-corrected chi connectivity index (χ1v) is 15.9. The van der Waals surface area contributed by atoms with Crippen LogP contribution in [0.5, 0.6) is 0 Å². The Labute approximate surface area is 270 Å². The number of carbonyl (C=O) groups is 5. The Morgan fingerprint density at radius 2 is 1.72 bits per heavy atom. The molecule has 1 aliphatic carbocycles. The molecule has 0 aromatic heterocycles. The highest BCUT2D eigenvalue weighted by molar-refractivity contribution is 5.98. The van der Waals surface area contributed by atoms with Gasteiger partial charge < -0.3 is 46.9 Å². The first kappa shape index (κ1) is 38.0. The van der Waals surface area contributed by atoms with Gasteiger partial charge in [0.2, 0.25) is 17.7 Å². The molecule has 1 aromatic carbocycles. The van der Waals surface area contributed by atoms with Crippen molar-refractivity contribution >= 4 is 35.5 Å². The van der Waals surface area contributed by atoms with Gasteiger partial charge in [0.1, 0.15) is 18.2 Å². The molecule has 1 aromatic rings. The van der Waals surface area contributed by atoms with Crippen LogP contribution in [0, 0.1) is 5.92 Å². The lowest BCUT2D eigenvalue weighted by molar-refractivity contribution is -0.132. The summed E-state index contributed by atoms with van der Waals surface area (Å²) in [5.41, 5.74) is 6.27. The standard InChI is InChI=1S/C32H50N6O8/c1-22(2)28(38-27(40)16-19-45-20-18-35-32(44)46-25-9-6-4-3-5-7-10-25)30(42)37-26(11-8-17-34-31(33)43)29(41)36-24-14-12-23(21-39)13-15-24/h4,6,12-15,22,25-26,28,39H,3,5,7-11,16-21H2,1-2H3,(H,35,44)(H,36,41)(H,37,42)(H,38,40)(H3,33,34,43)/t25?,26-,28+/m0/s1. The molecule has 0 heterocycles. The zero-order chi connectivity index (χ0) is 33.7. The predicted octanol–water partition coefficient (Wildman–Crippen LogP) is 2.21. The van der Waals surface area contributed by atoms with Gasteiger partial charge in [0.05, 0.1) is 19.8 Å². The Morgan fingerprint density at radius 3 is 2.41 bits per heavy atom. The molecule has 0 radical (unpaired) electrons. The zero-order valence-corrected chi connectivity index (χ0v) is 26.8. The average Bonchev–Trinajstić information content (AvgIpc) is 3.00. The van der Waals surface area contributed by atoms with Crippen molar-refractivity contribution in [3.8, 4) is 0 Å². The molecule has 14 heteroatoms. The Balaban J connectivity index is 1.81. The number of hydrogen-bond donors (Lipinski definition) is 7. The number of allylic oxidation sites excluding steroid dienone is 1. The van der Waals surface area contributed by atoms with E-state index in [-0.39, 0.29) is 57.8 Å². The van der Waals surface area contributed by atoms with Crippen LogP contribution in [0.1, 0.15) is 70.8 Å². The lowest BCUT2D eigenvalue weighted by Gasteiger charge is -2.25. The fraction of sp³-hybridized carbons (Fsp3) is 0.594. The number of amides is 6. The predicted molar refractivity (Wildman–Crippen MR) is 172 cm³/mol. The molecule has 1 unspecified atom stereocenters. The summed E-state index contributed by atoms with van der Waals surface area (Å²) in [6, 6.07) is 4.01. The minimum absolute atomic E-state index is 0.0120. The smallest absolute Gasteiger partial charge is 0.407 e. The highest BCUT2D eigenvalue weighted by Gasteiger charge is 2.29. The van der Waals surface area contributed by atoms with Crippen LogP contribution in [0.4, 0.5) is 15.3 Å². The highest BCUT2D eigenvalue weighted by atomic mass is 16.6. The van der Waals surface area contributed by atoms with E-state index < -0.39 is 41.9 Å². The number of ether oxygens (including phenoxy) is 2. The van der Waals surface area contributed by atoms with E-state index in [0.29, 0.717) is 24.1 Å². The first-order chi connectivity index (χ1) is 22.1. The number of aliphatic hydroxyl groups excluding tert-OH is 1. The van der Waals surface area contributed by atoms with E-state index >= 15 is 0 Å².